The van der Waals surface area contributed by atoms with Crippen molar-refractivity contribution in [3.8, 4) is 11.6 Å². The molecule has 1 amide bonds. The van der Waals surface area contributed by atoms with E-state index >= 15 is 0 Å². The Labute approximate surface area is 248 Å². The molecule has 2 bridgehead atoms. The summed E-state index contributed by atoms with van der Waals surface area (Å²) in [4.78, 5) is 51.3. The van der Waals surface area contributed by atoms with Crippen molar-refractivity contribution in [2.24, 2.45) is 23.2 Å². The number of fused-ring (bicyclic) bond motifs is 5. The lowest BCUT2D eigenvalue weighted by atomic mass is 9.77. The van der Waals surface area contributed by atoms with Gasteiger partial charge in [-0.15, -0.1) is 0 Å². The molecule has 0 N–H and O–H groups in total. The lowest BCUT2D eigenvalue weighted by Gasteiger charge is -2.34. The van der Waals surface area contributed by atoms with Gasteiger partial charge in [-0.1, -0.05) is 40.5 Å². The highest BCUT2D eigenvalue weighted by atomic mass is 16.6. The number of carbonyl (C=O) groups excluding carboxylic acids is 3. The normalized spacial score (nSPS) is 30.8. The third kappa shape index (κ3) is 6.11. The molecule has 0 spiro atoms. The van der Waals surface area contributed by atoms with Gasteiger partial charge >= 0.3 is 5.97 Å². The van der Waals surface area contributed by atoms with Crippen molar-refractivity contribution in [3.63, 3.8) is 0 Å². The first kappa shape index (κ1) is 30.2. The number of aryl methyl sites for hydroxylation is 1. The summed E-state index contributed by atoms with van der Waals surface area (Å²) in [5, 5.41) is 0. The molecule has 9 heteroatoms. The molecule has 6 atom stereocenters. The molecule has 0 unspecified atom stereocenters. The van der Waals surface area contributed by atoms with E-state index in [9.17, 15) is 14.4 Å². The average Bonchev–Trinajstić information content (AvgIpc) is 3.43. The number of nitrogens with zero attached hydrogens (tertiary/aromatic N) is 3. The van der Waals surface area contributed by atoms with Crippen molar-refractivity contribution < 1.29 is 28.6 Å². The van der Waals surface area contributed by atoms with Crippen LogP contribution in [0.3, 0.4) is 0 Å². The van der Waals surface area contributed by atoms with Crippen LogP contribution in [0.4, 0.5) is 0 Å². The molecule has 2 aliphatic heterocycles. The van der Waals surface area contributed by atoms with Gasteiger partial charge in [0.1, 0.15) is 29.4 Å². The van der Waals surface area contributed by atoms with E-state index in [1.807, 2.05) is 52.8 Å². The summed E-state index contributed by atoms with van der Waals surface area (Å²) in [6, 6.07) is 4.96. The number of carbonyl (C=O) groups is 3. The number of ether oxygens (including phenoxy) is 3. The summed E-state index contributed by atoms with van der Waals surface area (Å²) in [6.45, 7) is 10.1. The molecule has 2 aromatic rings. The van der Waals surface area contributed by atoms with Crippen molar-refractivity contribution in [3.05, 3.63) is 23.9 Å². The van der Waals surface area contributed by atoms with Gasteiger partial charge < -0.3 is 23.9 Å². The van der Waals surface area contributed by atoms with Gasteiger partial charge in [-0.3, -0.25) is 9.59 Å². The predicted octanol–water partition coefficient (Wildman–Crippen LogP) is 5.31. The van der Waals surface area contributed by atoms with Crippen molar-refractivity contribution in [2.75, 3.05) is 13.7 Å². The molecule has 0 radical (unpaired) electrons. The van der Waals surface area contributed by atoms with Crippen LogP contribution in [0.2, 0.25) is 0 Å². The van der Waals surface area contributed by atoms with Crippen LogP contribution >= 0.6 is 0 Å². The summed E-state index contributed by atoms with van der Waals surface area (Å²) in [5.41, 5.74) is 1.25. The second-order valence-electron chi connectivity index (χ2n) is 13.6. The van der Waals surface area contributed by atoms with Gasteiger partial charge in [0, 0.05) is 17.9 Å². The van der Waals surface area contributed by atoms with Crippen LogP contribution in [-0.2, 0) is 25.5 Å². The van der Waals surface area contributed by atoms with Gasteiger partial charge in [-0.05, 0) is 56.6 Å². The van der Waals surface area contributed by atoms with E-state index in [1.165, 1.54) is 0 Å². The molecule has 5 rings (SSSR count). The Morgan fingerprint density at radius 3 is 2.62 bits per heavy atom. The first-order chi connectivity index (χ1) is 20.0. The highest BCUT2D eigenvalue weighted by molar-refractivity contribution is 5.87. The van der Waals surface area contributed by atoms with Crippen molar-refractivity contribution >= 4 is 29.2 Å². The van der Waals surface area contributed by atoms with Gasteiger partial charge in [-0.2, -0.15) is 0 Å². The summed E-state index contributed by atoms with van der Waals surface area (Å²) >= 11 is 0. The average molecular weight is 580 g/mol. The van der Waals surface area contributed by atoms with E-state index in [0.717, 1.165) is 49.6 Å². The van der Waals surface area contributed by atoms with Crippen LogP contribution in [0.25, 0.3) is 11.0 Å². The smallest absolute Gasteiger partial charge is 0.307 e. The van der Waals surface area contributed by atoms with Gasteiger partial charge in [-0.25, -0.2) is 9.97 Å². The molecule has 3 heterocycles. The minimum absolute atomic E-state index is 0.0167. The number of aromatic nitrogens is 2. The van der Waals surface area contributed by atoms with E-state index in [-0.39, 0.29) is 30.8 Å². The van der Waals surface area contributed by atoms with Crippen molar-refractivity contribution in [1.82, 2.24) is 14.9 Å². The maximum Gasteiger partial charge on any atom is 0.307 e. The summed E-state index contributed by atoms with van der Waals surface area (Å²) in [7, 11) is 1.61. The van der Waals surface area contributed by atoms with Crippen LogP contribution < -0.4 is 9.47 Å². The maximum atomic E-state index is 14.1. The molecule has 1 saturated carbocycles. The quantitative estimate of drug-likeness (QED) is 0.356. The highest BCUT2D eigenvalue weighted by Crippen LogP contribution is 2.50. The fourth-order valence-electron chi connectivity index (χ4n) is 6.78. The zero-order chi connectivity index (χ0) is 30.2. The molecule has 3 aliphatic rings. The van der Waals surface area contributed by atoms with E-state index in [2.05, 4.69) is 0 Å². The highest BCUT2D eigenvalue weighted by Gasteiger charge is 2.54. The fourth-order valence-corrected chi connectivity index (χ4v) is 6.78. The maximum absolute atomic E-state index is 14.1. The standard InChI is InChI=1S/C33H45N3O6/c1-7-22-27(19-37)36-18-28(22)41-30-25(34-24-14-13-21(40-6)15-26(24)35-30)12-10-8-9-11-20-17-33(20,5)42-29(38)16-23(31(36)39)32(2,3)4/h13-15,19-20,22-23,27-28H,7-12,16-18H2,1-6H3/t20-,22+,23-,27-,28+,33-/m1/s1. The van der Waals surface area contributed by atoms with Gasteiger partial charge in [0.05, 0.1) is 43.1 Å². The van der Waals surface area contributed by atoms with Crippen LogP contribution in [0.15, 0.2) is 18.2 Å². The largest absolute Gasteiger partial charge is 0.497 e. The first-order valence-corrected chi connectivity index (χ1v) is 15.5. The summed E-state index contributed by atoms with van der Waals surface area (Å²) in [6.07, 6.45) is 6.56. The monoisotopic (exact) mass is 579 g/mol. The van der Waals surface area contributed by atoms with Crippen LogP contribution in [0.5, 0.6) is 11.6 Å². The Morgan fingerprint density at radius 2 is 1.93 bits per heavy atom. The van der Waals surface area contributed by atoms with Gasteiger partial charge in [0.2, 0.25) is 11.8 Å². The molecular formula is C33H45N3O6. The second-order valence-corrected chi connectivity index (χ2v) is 13.6. The summed E-state index contributed by atoms with van der Waals surface area (Å²) in [5.74, 6) is 0.0556. The number of hydrogen-bond acceptors (Lipinski definition) is 8. The fraction of sp³-hybridized carbons (Fsp3) is 0.667. The van der Waals surface area contributed by atoms with Crippen molar-refractivity contribution in [1.29, 1.82) is 0 Å². The van der Waals surface area contributed by atoms with Crippen LogP contribution in [0.1, 0.15) is 85.3 Å². The third-order valence-corrected chi connectivity index (χ3v) is 9.60. The molecule has 9 nitrogen and oxygen atoms in total. The Bertz CT molecular complexity index is 1340. The Balaban J connectivity index is 1.52. The topological polar surface area (TPSA) is 108 Å². The number of methoxy groups -OCH3 is 1. The van der Waals surface area contributed by atoms with E-state index < -0.39 is 29.1 Å². The predicted molar refractivity (Wildman–Crippen MR) is 158 cm³/mol. The number of aldehydes is 1. The molecule has 2 fully saturated rings. The molecule has 228 valence electrons. The molecule has 1 saturated heterocycles. The Morgan fingerprint density at radius 1 is 1.14 bits per heavy atom. The summed E-state index contributed by atoms with van der Waals surface area (Å²) < 4.78 is 18.0. The zero-order valence-corrected chi connectivity index (χ0v) is 25.9. The van der Waals surface area contributed by atoms with Crippen LogP contribution in [0, 0.1) is 23.2 Å². The SMILES string of the molecule is CC[C@@H]1[C@@H]2CN(C(=O)[C@H](C(C)(C)C)CC(=O)O[C@]3(C)C[C@H]3CCCCCc3nc4ccc(OC)cc4nc3O2)[C@@H]1C=O. The number of hydrogen-bond donors (Lipinski definition) is 0. The third-order valence-electron chi connectivity index (χ3n) is 9.60. The van der Waals surface area contributed by atoms with Gasteiger partial charge in [0.15, 0.2) is 0 Å². The molecule has 1 aliphatic carbocycles. The molecular weight excluding hydrogens is 534 g/mol. The van der Waals surface area contributed by atoms with E-state index in [0.29, 0.717) is 35.9 Å². The van der Waals surface area contributed by atoms with Crippen molar-refractivity contribution in [2.45, 2.75) is 104 Å². The first-order valence-electron chi connectivity index (χ1n) is 15.5. The van der Waals surface area contributed by atoms with E-state index in [4.69, 9.17) is 24.2 Å². The lowest BCUT2D eigenvalue weighted by Crippen LogP contribution is -2.46. The Kier molecular flexibility index (Phi) is 8.50. The zero-order valence-electron chi connectivity index (χ0n) is 25.9. The lowest BCUT2D eigenvalue weighted by molar-refractivity contribution is -0.158. The number of rotatable bonds is 3. The van der Waals surface area contributed by atoms with E-state index in [1.54, 1.807) is 12.0 Å². The number of benzene rings is 1. The van der Waals surface area contributed by atoms with Gasteiger partial charge in [0.25, 0.3) is 0 Å². The molecule has 1 aromatic heterocycles. The molecule has 1 aromatic carbocycles. The number of amides is 1. The number of esters is 1. The van der Waals surface area contributed by atoms with Crippen LogP contribution in [-0.4, -0.2) is 64.4 Å². The molecule has 42 heavy (non-hydrogen) atoms. The minimum atomic E-state index is -0.655. The second kappa shape index (κ2) is 11.8. The minimum Gasteiger partial charge on any atom is -0.497 e. The Hall–Kier alpha value is -3.23.